The van der Waals surface area contributed by atoms with Crippen LogP contribution >= 0.6 is 0 Å². The van der Waals surface area contributed by atoms with E-state index in [1.807, 2.05) is 42.5 Å². The lowest BCUT2D eigenvalue weighted by Gasteiger charge is -2.30. The summed E-state index contributed by atoms with van der Waals surface area (Å²) in [6.07, 6.45) is 12.4. The number of nitrogens with one attached hydrogen (secondary N) is 1. The van der Waals surface area contributed by atoms with Crippen LogP contribution in [0.25, 0.3) is 5.57 Å². The molecule has 0 bridgehead atoms. The van der Waals surface area contributed by atoms with Gasteiger partial charge >= 0.3 is 0 Å². The van der Waals surface area contributed by atoms with E-state index in [1.54, 1.807) is 6.08 Å². The van der Waals surface area contributed by atoms with E-state index in [1.165, 1.54) is 0 Å². The maximum atomic E-state index is 12.8. The van der Waals surface area contributed by atoms with E-state index in [0.29, 0.717) is 18.9 Å². The highest BCUT2D eigenvalue weighted by molar-refractivity contribution is 7.91. The van der Waals surface area contributed by atoms with Gasteiger partial charge in [-0.25, -0.2) is 13.1 Å². The first-order valence-electron chi connectivity index (χ1n) is 8.28. The number of sulfonamides is 1. The molecular weight excluding hydrogens is 318 g/mol. The van der Waals surface area contributed by atoms with Crippen molar-refractivity contribution in [1.82, 2.24) is 4.72 Å². The highest BCUT2D eigenvalue weighted by Crippen LogP contribution is 2.34. The predicted octanol–water partition coefficient (Wildman–Crippen LogP) is 3.76. The molecule has 0 amide bonds. The molecule has 0 aliphatic heterocycles. The van der Waals surface area contributed by atoms with E-state index in [9.17, 15) is 8.42 Å². The van der Waals surface area contributed by atoms with Gasteiger partial charge < -0.3 is 0 Å². The standard InChI is InChI=1S/C20H25NO2S/c1-4-13-20(24(22,23)21-16-12-17(2)3)14-10-19(11-15-20)18-8-6-5-7-9-18/h1,5-11,14,17,21H,12-13,15-16H2,2-3H3. The minimum atomic E-state index is -3.53. The van der Waals surface area contributed by atoms with Crippen LogP contribution in [-0.4, -0.2) is 19.7 Å². The van der Waals surface area contributed by atoms with Gasteiger partial charge in [-0.15, -0.1) is 12.3 Å². The maximum Gasteiger partial charge on any atom is 0.222 e. The summed E-state index contributed by atoms with van der Waals surface area (Å²) >= 11 is 0. The zero-order chi connectivity index (χ0) is 17.6. The fourth-order valence-corrected chi connectivity index (χ4v) is 4.23. The molecule has 1 aromatic carbocycles. The molecule has 1 aliphatic carbocycles. The number of hydrogen-bond acceptors (Lipinski definition) is 2. The maximum absolute atomic E-state index is 12.8. The lowest BCUT2D eigenvalue weighted by atomic mass is 9.90. The summed E-state index contributed by atoms with van der Waals surface area (Å²) in [7, 11) is -3.53. The second kappa shape index (κ2) is 7.83. The first-order valence-corrected chi connectivity index (χ1v) is 9.76. The van der Waals surface area contributed by atoms with Crippen LogP contribution in [0.1, 0.15) is 38.7 Å². The predicted molar refractivity (Wildman–Crippen MR) is 101 cm³/mol. The Morgan fingerprint density at radius 3 is 2.54 bits per heavy atom. The molecule has 24 heavy (non-hydrogen) atoms. The van der Waals surface area contributed by atoms with Crippen LogP contribution in [0, 0.1) is 18.3 Å². The Kier molecular flexibility index (Phi) is 6.04. The summed E-state index contributed by atoms with van der Waals surface area (Å²) in [6.45, 7) is 4.58. The molecule has 1 unspecified atom stereocenters. The quantitative estimate of drug-likeness (QED) is 0.766. The lowest BCUT2D eigenvalue weighted by molar-refractivity contribution is 0.523. The SMILES string of the molecule is C#CCC1(S(=O)(=O)NCCC(C)C)C=CC(c2ccccc2)=CC1. The van der Waals surface area contributed by atoms with Gasteiger partial charge in [0.05, 0.1) is 0 Å². The van der Waals surface area contributed by atoms with Crippen LogP contribution in [0.15, 0.2) is 48.6 Å². The van der Waals surface area contributed by atoms with Crippen molar-refractivity contribution in [2.45, 2.75) is 37.9 Å². The normalized spacial score (nSPS) is 20.7. The molecule has 128 valence electrons. The van der Waals surface area contributed by atoms with Gasteiger partial charge in [-0.2, -0.15) is 0 Å². The molecule has 1 N–H and O–H groups in total. The van der Waals surface area contributed by atoms with Gasteiger partial charge in [0.2, 0.25) is 10.0 Å². The van der Waals surface area contributed by atoms with Gasteiger partial charge in [0.1, 0.15) is 4.75 Å². The minimum Gasteiger partial charge on any atom is -0.214 e. The van der Waals surface area contributed by atoms with Crippen molar-refractivity contribution < 1.29 is 8.42 Å². The van der Waals surface area contributed by atoms with Crippen molar-refractivity contribution in [2.24, 2.45) is 5.92 Å². The Balaban J connectivity index is 2.21. The topological polar surface area (TPSA) is 46.2 Å². The van der Waals surface area contributed by atoms with Crippen LogP contribution in [0.4, 0.5) is 0 Å². The highest BCUT2D eigenvalue weighted by atomic mass is 32.2. The van der Waals surface area contributed by atoms with Gasteiger partial charge in [-0.1, -0.05) is 62.4 Å². The average molecular weight is 343 g/mol. The number of terminal acetylenes is 1. The van der Waals surface area contributed by atoms with E-state index in [4.69, 9.17) is 6.42 Å². The van der Waals surface area contributed by atoms with Crippen LogP contribution in [0.2, 0.25) is 0 Å². The molecule has 0 spiro atoms. The van der Waals surface area contributed by atoms with Gasteiger partial charge in [-0.3, -0.25) is 0 Å². The van der Waals surface area contributed by atoms with E-state index < -0.39 is 14.8 Å². The third-order valence-electron chi connectivity index (χ3n) is 4.29. The van der Waals surface area contributed by atoms with Crippen LogP contribution in [-0.2, 0) is 10.0 Å². The summed E-state index contributed by atoms with van der Waals surface area (Å²) < 4.78 is 27.3. The van der Waals surface area contributed by atoms with Gasteiger partial charge in [0.15, 0.2) is 0 Å². The molecule has 2 rings (SSSR count). The summed E-state index contributed by atoms with van der Waals surface area (Å²) in [6, 6.07) is 9.93. The van der Waals surface area contributed by atoms with Crippen molar-refractivity contribution in [3.8, 4) is 12.3 Å². The fraction of sp³-hybridized carbons (Fsp3) is 0.400. The van der Waals surface area contributed by atoms with Gasteiger partial charge in [-0.05, 0) is 29.9 Å². The number of allylic oxidation sites excluding steroid dienone is 3. The van der Waals surface area contributed by atoms with Gasteiger partial charge in [0.25, 0.3) is 0 Å². The molecule has 0 radical (unpaired) electrons. The second-order valence-corrected chi connectivity index (χ2v) is 8.70. The molecule has 3 nitrogen and oxygen atoms in total. The zero-order valence-corrected chi connectivity index (χ0v) is 15.1. The highest BCUT2D eigenvalue weighted by Gasteiger charge is 2.41. The summed E-state index contributed by atoms with van der Waals surface area (Å²) in [5.74, 6) is 2.99. The molecule has 0 saturated heterocycles. The minimum absolute atomic E-state index is 0.166. The Morgan fingerprint density at radius 2 is 2.00 bits per heavy atom. The Bertz CT molecular complexity index is 755. The zero-order valence-electron chi connectivity index (χ0n) is 14.3. The molecular formula is C20H25NO2S. The van der Waals surface area contributed by atoms with Crippen molar-refractivity contribution in [2.75, 3.05) is 6.54 Å². The smallest absolute Gasteiger partial charge is 0.214 e. The number of benzene rings is 1. The molecule has 1 aliphatic rings. The summed E-state index contributed by atoms with van der Waals surface area (Å²) in [5, 5.41) is 0. The fourth-order valence-electron chi connectivity index (χ4n) is 2.73. The van der Waals surface area contributed by atoms with Crippen LogP contribution in [0.3, 0.4) is 0 Å². The van der Waals surface area contributed by atoms with Crippen molar-refractivity contribution in [1.29, 1.82) is 0 Å². The molecule has 4 heteroatoms. The average Bonchev–Trinajstić information content (AvgIpc) is 2.56. The first-order chi connectivity index (χ1) is 11.4. The third-order valence-corrected chi connectivity index (χ3v) is 6.39. The van der Waals surface area contributed by atoms with E-state index in [2.05, 4.69) is 24.5 Å². The van der Waals surface area contributed by atoms with E-state index in [0.717, 1.165) is 17.6 Å². The molecule has 0 saturated carbocycles. The number of hydrogen-bond donors (Lipinski definition) is 1. The Labute approximate surface area is 145 Å². The van der Waals surface area contributed by atoms with Crippen LogP contribution < -0.4 is 4.72 Å². The van der Waals surface area contributed by atoms with E-state index in [-0.39, 0.29) is 6.42 Å². The van der Waals surface area contributed by atoms with Crippen molar-refractivity contribution in [3.63, 3.8) is 0 Å². The molecule has 1 atom stereocenters. The van der Waals surface area contributed by atoms with Crippen LogP contribution in [0.5, 0.6) is 0 Å². The van der Waals surface area contributed by atoms with Crippen molar-refractivity contribution >= 4 is 15.6 Å². The summed E-state index contributed by atoms with van der Waals surface area (Å²) in [5.41, 5.74) is 2.11. The number of rotatable bonds is 7. The summed E-state index contributed by atoms with van der Waals surface area (Å²) in [4.78, 5) is 0. The molecule has 0 fully saturated rings. The molecule has 0 heterocycles. The largest absolute Gasteiger partial charge is 0.222 e. The molecule has 1 aromatic rings. The Morgan fingerprint density at radius 1 is 1.29 bits per heavy atom. The lowest BCUT2D eigenvalue weighted by Crippen LogP contribution is -2.45. The van der Waals surface area contributed by atoms with Gasteiger partial charge in [0, 0.05) is 13.0 Å². The second-order valence-electron chi connectivity index (χ2n) is 6.59. The first kappa shape index (κ1) is 18.5. The Hall–Kier alpha value is -1.83. The van der Waals surface area contributed by atoms with Crippen molar-refractivity contribution in [3.05, 3.63) is 54.1 Å². The van der Waals surface area contributed by atoms with E-state index >= 15 is 0 Å². The third kappa shape index (κ3) is 4.17. The monoisotopic (exact) mass is 343 g/mol. The molecule has 0 aromatic heterocycles.